The molecule has 168 valence electrons. The van der Waals surface area contributed by atoms with Crippen LogP contribution in [-0.2, 0) is 5.41 Å². The van der Waals surface area contributed by atoms with Crippen LogP contribution in [0.2, 0.25) is 0 Å². The number of aliphatic hydroxyl groups is 1. The third-order valence-electron chi connectivity index (χ3n) is 5.64. The molecule has 0 radical (unpaired) electrons. The lowest BCUT2D eigenvalue weighted by Gasteiger charge is -2.31. The molecule has 1 aliphatic heterocycles. The molecule has 0 aliphatic carbocycles. The van der Waals surface area contributed by atoms with E-state index in [0.717, 1.165) is 36.2 Å². The molecule has 1 unspecified atom stereocenters. The number of primary amides is 1. The van der Waals surface area contributed by atoms with Gasteiger partial charge in [-0.2, -0.15) is 4.98 Å². The first-order valence-corrected chi connectivity index (χ1v) is 10.9. The number of aromatic nitrogens is 2. The minimum atomic E-state index is -0.606. The molecular weight excluding hydrogens is 392 g/mol. The van der Waals surface area contributed by atoms with Gasteiger partial charge in [-0.3, -0.25) is 4.79 Å². The van der Waals surface area contributed by atoms with E-state index in [1.807, 2.05) is 30.0 Å². The molecule has 3 rings (SSSR count). The minimum absolute atomic E-state index is 0.0751. The number of hydrogen-bond donors (Lipinski definition) is 4. The topological polar surface area (TPSA) is 130 Å². The monoisotopic (exact) mass is 426 g/mol. The lowest BCUT2D eigenvalue weighted by atomic mass is 9.85. The number of piperidine rings is 1. The van der Waals surface area contributed by atoms with Crippen molar-refractivity contribution >= 4 is 23.4 Å². The van der Waals surface area contributed by atoms with Crippen LogP contribution < -0.4 is 21.7 Å². The van der Waals surface area contributed by atoms with Crippen LogP contribution in [0.3, 0.4) is 0 Å². The average molecular weight is 427 g/mol. The highest BCUT2D eigenvalue weighted by Gasteiger charge is 2.22. The molecule has 0 spiro atoms. The van der Waals surface area contributed by atoms with Crippen LogP contribution in [0.1, 0.15) is 74.5 Å². The Morgan fingerprint density at radius 1 is 1.35 bits per heavy atom. The van der Waals surface area contributed by atoms with Gasteiger partial charge in [0.1, 0.15) is 11.4 Å². The Morgan fingerprint density at radius 2 is 2.10 bits per heavy atom. The van der Waals surface area contributed by atoms with Crippen molar-refractivity contribution in [3.8, 4) is 0 Å². The van der Waals surface area contributed by atoms with Crippen LogP contribution >= 0.6 is 0 Å². The average Bonchev–Trinajstić information content (AvgIpc) is 2.72. The minimum Gasteiger partial charge on any atom is -0.388 e. The number of amides is 1. The molecule has 8 nitrogen and oxygen atoms in total. The van der Waals surface area contributed by atoms with E-state index in [1.54, 1.807) is 0 Å². The van der Waals surface area contributed by atoms with Crippen LogP contribution in [0.25, 0.3) is 0 Å². The number of carbonyl (C=O) groups excluding carboxylic acids is 1. The van der Waals surface area contributed by atoms with E-state index < -0.39 is 12.0 Å². The number of anilines is 3. The first-order chi connectivity index (χ1) is 14.6. The summed E-state index contributed by atoms with van der Waals surface area (Å²) in [7, 11) is 0. The number of rotatable bonds is 6. The van der Waals surface area contributed by atoms with Gasteiger partial charge in [-0.25, -0.2) is 4.98 Å². The molecule has 31 heavy (non-hydrogen) atoms. The van der Waals surface area contributed by atoms with Gasteiger partial charge in [0, 0.05) is 31.0 Å². The highest BCUT2D eigenvalue weighted by atomic mass is 16.3. The van der Waals surface area contributed by atoms with E-state index in [2.05, 4.69) is 36.1 Å². The summed E-state index contributed by atoms with van der Waals surface area (Å²) < 4.78 is 0. The Kier molecular flexibility index (Phi) is 6.81. The molecule has 2 heterocycles. The SMILES string of the molecule is CCC(O)c1cc(Nc2nc(N3CCC[C@@H](N)C3)ncc2C(N)=O)cc(C(C)(C)C)c1. The maximum Gasteiger partial charge on any atom is 0.254 e. The maximum atomic E-state index is 12.0. The van der Waals surface area contributed by atoms with Gasteiger partial charge in [0.15, 0.2) is 0 Å². The predicted molar refractivity (Wildman–Crippen MR) is 124 cm³/mol. The lowest BCUT2D eigenvalue weighted by Crippen LogP contribution is -2.43. The predicted octanol–water partition coefficient (Wildman–Crippen LogP) is 2.99. The Hall–Kier alpha value is -2.71. The second kappa shape index (κ2) is 9.20. The highest BCUT2D eigenvalue weighted by molar-refractivity contribution is 5.98. The Labute approximate surface area is 184 Å². The molecule has 1 aliphatic rings. The third kappa shape index (κ3) is 5.51. The van der Waals surface area contributed by atoms with Crippen molar-refractivity contribution in [2.75, 3.05) is 23.3 Å². The zero-order chi connectivity index (χ0) is 22.8. The van der Waals surface area contributed by atoms with Gasteiger partial charge in [-0.05, 0) is 47.9 Å². The molecule has 2 atom stereocenters. The van der Waals surface area contributed by atoms with Gasteiger partial charge in [0.05, 0.1) is 6.10 Å². The Bertz CT molecular complexity index is 940. The first kappa shape index (κ1) is 23.0. The summed E-state index contributed by atoms with van der Waals surface area (Å²) in [6.07, 6.45) is 3.43. The van der Waals surface area contributed by atoms with Crippen molar-refractivity contribution < 1.29 is 9.90 Å². The van der Waals surface area contributed by atoms with Crippen molar-refractivity contribution in [3.05, 3.63) is 41.1 Å². The third-order valence-corrected chi connectivity index (χ3v) is 5.64. The first-order valence-electron chi connectivity index (χ1n) is 10.9. The zero-order valence-electron chi connectivity index (χ0n) is 18.9. The Morgan fingerprint density at radius 3 is 2.71 bits per heavy atom. The number of benzene rings is 1. The number of hydrogen-bond acceptors (Lipinski definition) is 7. The second-order valence-electron chi connectivity index (χ2n) is 9.29. The molecule has 1 amide bonds. The summed E-state index contributed by atoms with van der Waals surface area (Å²) in [5.74, 6) is 0.258. The largest absolute Gasteiger partial charge is 0.388 e. The summed E-state index contributed by atoms with van der Waals surface area (Å²) in [6, 6.07) is 5.99. The van der Waals surface area contributed by atoms with Crippen molar-refractivity contribution in [1.82, 2.24) is 9.97 Å². The zero-order valence-corrected chi connectivity index (χ0v) is 18.9. The van der Waals surface area contributed by atoms with Gasteiger partial charge in [0.25, 0.3) is 5.91 Å². The van der Waals surface area contributed by atoms with Gasteiger partial charge in [-0.1, -0.05) is 33.8 Å². The molecule has 0 saturated carbocycles. The van der Waals surface area contributed by atoms with Crippen molar-refractivity contribution in [1.29, 1.82) is 0 Å². The summed E-state index contributed by atoms with van der Waals surface area (Å²) in [4.78, 5) is 23.0. The number of carbonyl (C=O) groups is 1. The van der Waals surface area contributed by atoms with E-state index in [4.69, 9.17) is 11.5 Å². The number of nitrogens with zero attached hydrogens (tertiary/aromatic N) is 3. The molecule has 1 saturated heterocycles. The van der Waals surface area contributed by atoms with Crippen LogP contribution in [0.4, 0.5) is 17.5 Å². The van der Waals surface area contributed by atoms with Crippen LogP contribution in [0.15, 0.2) is 24.4 Å². The molecule has 0 bridgehead atoms. The molecular formula is C23H34N6O2. The molecule has 1 aromatic carbocycles. The lowest BCUT2D eigenvalue weighted by molar-refractivity contribution is 0.100. The summed E-state index contributed by atoms with van der Waals surface area (Å²) >= 11 is 0. The standard InChI is InChI=1S/C23H34N6O2/c1-5-19(30)14-9-15(23(2,3)4)11-17(10-14)27-21-18(20(25)31)12-26-22(28-21)29-8-6-7-16(24)13-29/h9-12,16,19,30H,5-8,13,24H2,1-4H3,(H2,25,31)(H,26,27,28)/t16-,19?/m1/s1. The normalized spacial score (nSPS) is 18.0. The van der Waals surface area contributed by atoms with Crippen LogP contribution in [0.5, 0.6) is 0 Å². The number of aliphatic hydroxyl groups excluding tert-OH is 1. The fourth-order valence-corrected chi connectivity index (χ4v) is 3.71. The van der Waals surface area contributed by atoms with E-state index in [0.29, 0.717) is 24.7 Å². The van der Waals surface area contributed by atoms with E-state index in [1.165, 1.54) is 6.20 Å². The molecule has 1 fully saturated rings. The number of nitrogens with one attached hydrogen (secondary N) is 1. The summed E-state index contributed by atoms with van der Waals surface area (Å²) in [6.45, 7) is 9.77. The van der Waals surface area contributed by atoms with Crippen molar-refractivity contribution in [3.63, 3.8) is 0 Å². The van der Waals surface area contributed by atoms with E-state index in [9.17, 15) is 9.90 Å². The van der Waals surface area contributed by atoms with Crippen molar-refractivity contribution in [2.24, 2.45) is 11.5 Å². The fraction of sp³-hybridized carbons (Fsp3) is 0.522. The summed E-state index contributed by atoms with van der Waals surface area (Å²) in [5.41, 5.74) is 14.4. The van der Waals surface area contributed by atoms with Gasteiger partial charge >= 0.3 is 0 Å². The van der Waals surface area contributed by atoms with Gasteiger partial charge in [0.2, 0.25) is 5.95 Å². The van der Waals surface area contributed by atoms with E-state index >= 15 is 0 Å². The summed E-state index contributed by atoms with van der Waals surface area (Å²) in [5, 5.41) is 13.7. The molecule has 2 aromatic rings. The molecule has 1 aromatic heterocycles. The van der Waals surface area contributed by atoms with Gasteiger partial charge < -0.3 is 26.8 Å². The van der Waals surface area contributed by atoms with Gasteiger partial charge in [-0.15, -0.1) is 0 Å². The van der Waals surface area contributed by atoms with Crippen LogP contribution in [-0.4, -0.2) is 40.1 Å². The smallest absolute Gasteiger partial charge is 0.254 e. The molecule has 8 heteroatoms. The van der Waals surface area contributed by atoms with E-state index in [-0.39, 0.29) is 17.0 Å². The quantitative estimate of drug-likeness (QED) is 0.558. The Balaban J connectivity index is 2.02. The maximum absolute atomic E-state index is 12.0. The fourth-order valence-electron chi connectivity index (χ4n) is 3.71. The molecule has 6 N–H and O–H groups in total. The van der Waals surface area contributed by atoms with Crippen LogP contribution in [0, 0.1) is 0 Å². The highest BCUT2D eigenvalue weighted by Crippen LogP contribution is 2.32. The number of nitrogens with two attached hydrogens (primary N) is 2. The second-order valence-corrected chi connectivity index (χ2v) is 9.29. The van der Waals surface area contributed by atoms with Crippen molar-refractivity contribution in [2.45, 2.75) is 64.5 Å².